The van der Waals surface area contributed by atoms with E-state index in [1.54, 1.807) is 4.90 Å². The van der Waals surface area contributed by atoms with Gasteiger partial charge < -0.3 is 19.7 Å². The highest BCUT2D eigenvalue weighted by Crippen LogP contribution is 2.20. The molecule has 1 heterocycles. The maximum atomic E-state index is 10.5. The average molecular weight is 366 g/mol. The SMILES string of the molecule is ClCC[NH+]1CCCCC1.O=C(O)c1cc(S(=O)(=O)[O-])ccc1O. The maximum absolute atomic E-state index is 10.5. The van der Waals surface area contributed by atoms with Gasteiger partial charge in [-0.1, -0.05) is 0 Å². The van der Waals surface area contributed by atoms with Crippen molar-refractivity contribution in [3.63, 3.8) is 0 Å². The monoisotopic (exact) mass is 365 g/mol. The number of nitrogens with one attached hydrogen (secondary N) is 1. The molecule has 1 fully saturated rings. The summed E-state index contributed by atoms with van der Waals surface area (Å²) >= 11 is 5.61. The molecule has 3 N–H and O–H groups in total. The fourth-order valence-electron chi connectivity index (χ4n) is 2.28. The van der Waals surface area contributed by atoms with E-state index in [1.807, 2.05) is 0 Å². The predicted molar refractivity (Wildman–Crippen MR) is 83.2 cm³/mol. The first kappa shape index (κ1) is 19.7. The zero-order chi connectivity index (χ0) is 17.5. The van der Waals surface area contributed by atoms with Crippen molar-refractivity contribution in [1.29, 1.82) is 0 Å². The molecule has 1 aliphatic rings. The Labute approximate surface area is 140 Å². The molecule has 2 rings (SSSR count). The van der Waals surface area contributed by atoms with Crippen LogP contribution < -0.4 is 4.90 Å². The zero-order valence-electron chi connectivity index (χ0n) is 12.5. The van der Waals surface area contributed by atoms with E-state index in [9.17, 15) is 17.8 Å². The molecule has 0 unspecified atom stereocenters. The summed E-state index contributed by atoms with van der Waals surface area (Å²) in [6.45, 7) is 3.88. The Morgan fingerprint density at radius 2 is 1.87 bits per heavy atom. The molecule has 7 nitrogen and oxygen atoms in total. The van der Waals surface area contributed by atoms with Gasteiger partial charge in [0.05, 0.1) is 30.4 Å². The lowest BCUT2D eigenvalue weighted by Crippen LogP contribution is -3.13. The largest absolute Gasteiger partial charge is 0.744 e. The lowest BCUT2D eigenvalue weighted by atomic mass is 10.1. The molecule has 1 aromatic rings. The van der Waals surface area contributed by atoms with Crippen molar-refractivity contribution < 1.29 is 32.9 Å². The van der Waals surface area contributed by atoms with Crippen LogP contribution in [0.5, 0.6) is 5.75 Å². The molecule has 0 bridgehead atoms. The lowest BCUT2D eigenvalue weighted by Gasteiger charge is -2.22. The van der Waals surface area contributed by atoms with E-state index in [1.165, 1.54) is 38.9 Å². The second kappa shape index (κ2) is 9.07. The summed E-state index contributed by atoms with van der Waals surface area (Å²) in [7, 11) is -4.70. The summed E-state index contributed by atoms with van der Waals surface area (Å²) < 4.78 is 31.5. The summed E-state index contributed by atoms with van der Waals surface area (Å²) in [6.07, 6.45) is 4.25. The topological polar surface area (TPSA) is 119 Å². The van der Waals surface area contributed by atoms with Gasteiger partial charge in [-0.25, -0.2) is 13.2 Å². The van der Waals surface area contributed by atoms with Crippen molar-refractivity contribution in [3.8, 4) is 5.75 Å². The first-order chi connectivity index (χ1) is 10.8. The summed E-state index contributed by atoms with van der Waals surface area (Å²) in [5, 5.41) is 17.5. The molecular weight excluding hydrogens is 346 g/mol. The molecule has 0 aliphatic carbocycles. The minimum absolute atomic E-state index is 0.593. The van der Waals surface area contributed by atoms with Crippen molar-refractivity contribution in [3.05, 3.63) is 23.8 Å². The second-order valence-corrected chi connectivity index (χ2v) is 6.95. The van der Waals surface area contributed by atoms with E-state index in [-0.39, 0.29) is 0 Å². The first-order valence-electron chi connectivity index (χ1n) is 7.17. The van der Waals surface area contributed by atoms with Crippen LogP contribution in [-0.2, 0) is 10.1 Å². The van der Waals surface area contributed by atoms with Crippen molar-refractivity contribution in [1.82, 2.24) is 0 Å². The minimum Gasteiger partial charge on any atom is -0.744 e. The first-order valence-corrected chi connectivity index (χ1v) is 9.11. The fraction of sp³-hybridized carbons (Fsp3) is 0.500. The van der Waals surface area contributed by atoms with Crippen LogP contribution in [0, 0.1) is 0 Å². The standard InChI is InChI=1S/C7H14ClN.C7H6O6S/c8-4-7-9-5-2-1-3-6-9;8-6-2-1-4(14(11,12)13)3-5(6)7(9)10/h1-7H2;1-3,8H,(H,9,10)(H,11,12,13). The zero-order valence-corrected chi connectivity index (χ0v) is 14.1. The third kappa shape index (κ3) is 6.74. The summed E-state index contributed by atoms with van der Waals surface area (Å²) in [6, 6.07) is 2.29. The number of quaternary nitrogens is 1. The van der Waals surface area contributed by atoms with Gasteiger partial charge in [-0.2, -0.15) is 0 Å². The molecule has 0 aromatic heterocycles. The number of hydrogen-bond acceptors (Lipinski definition) is 5. The second-order valence-electron chi connectivity index (χ2n) is 5.19. The number of phenols is 1. The highest BCUT2D eigenvalue weighted by atomic mass is 35.5. The molecule has 0 radical (unpaired) electrons. The Morgan fingerprint density at radius 3 is 2.35 bits per heavy atom. The number of alkyl halides is 1. The number of hydrogen-bond donors (Lipinski definition) is 3. The van der Waals surface area contributed by atoms with E-state index in [2.05, 4.69) is 0 Å². The van der Waals surface area contributed by atoms with E-state index in [0.717, 1.165) is 18.0 Å². The van der Waals surface area contributed by atoms with Crippen molar-refractivity contribution in [2.45, 2.75) is 24.2 Å². The van der Waals surface area contributed by atoms with Crippen LogP contribution in [0.3, 0.4) is 0 Å². The Hall–Kier alpha value is -1.35. The molecule has 0 saturated carbocycles. The molecule has 1 aromatic carbocycles. The Morgan fingerprint density at radius 1 is 1.26 bits per heavy atom. The normalized spacial score (nSPS) is 15.6. The van der Waals surface area contributed by atoms with Gasteiger partial charge in [0.25, 0.3) is 0 Å². The molecule has 9 heteroatoms. The van der Waals surface area contributed by atoms with Crippen molar-refractivity contribution in [2.75, 3.05) is 25.5 Å². The van der Waals surface area contributed by atoms with Gasteiger partial charge >= 0.3 is 5.97 Å². The lowest BCUT2D eigenvalue weighted by molar-refractivity contribution is -0.902. The van der Waals surface area contributed by atoms with Crippen LogP contribution >= 0.6 is 11.6 Å². The highest BCUT2D eigenvalue weighted by Gasteiger charge is 2.12. The molecule has 130 valence electrons. The number of aromatic carboxylic acids is 1. The number of likely N-dealkylation sites (tertiary alicyclic amines) is 1. The van der Waals surface area contributed by atoms with Crippen molar-refractivity contribution >= 4 is 27.7 Å². The van der Waals surface area contributed by atoms with Crippen LogP contribution in [0.2, 0.25) is 0 Å². The Kier molecular flexibility index (Phi) is 7.77. The Balaban J connectivity index is 0.000000253. The maximum Gasteiger partial charge on any atom is 0.339 e. The summed E-state index contributed by atoms with van der Waals surface area (Å²) in [5.74, 6) is -1.27. The van der Waals surface area contributed by atoms with Gasteiger partial charge in [0.2, 0.25) is 0 Å². The quantitative estimate of drug-likeness (QED) is 0.521. The van der Waals surface area contributed by atoms with Gasteiger partial charge in [0, 0.05) is 0 Å². The van der Waals surface area contributed by atoms with E-state index in [4.69, 9.17) is 21.8 Å². The van der Waals surface area contributed by atoms with Gasteiger partial charge in [0.1, 0.15) is 21.4 Å². The third-order valence-corrected chi connectivity index (χ3v) is 4.52. The fourth-order valence-corrected chi connectivity index (χ4v) is 3.04. The molecule has 0 amide bonds. The average Bonchev–Trinajstić information content (AvgIpc) is 2.48. The van der Waals surface area contributed by atoms with Gasteiger partial charge in [-0.05, 0) is 37.5 Å². The van der Waals surface area contributed by atoms with Crippen LogP contribution in [-0.4, -0.2) is 54.7 Å². The Bertz CT molecular complexity index is 625. The number of halogens is 1. The van der Waals surface area contributed by atoms with E-state index in [0.29, 0.717) is 6.07 Å². The van der Waals surface area contributed by atoms with Crippen LogP contribution in [0.1, 0.15) is 29.6 Å². The van der Waals surface area contributed by atoms with Crippen LogP contribution in [0.15, 0.2) is 23.1 Å². The number of benzene rings is 1. The minimum atomic E-state index is -4.70. The van der Waals surface area contributed by atoms with E-state index >= 15 is 0 Å². The molecule has 1 saturated heterocycles. The van der Waals surface area contributed by atoms with Crippen molar-refractivity contribution in [2.24, 2.45) is 0 Å². The van der Waals surface area contributed by atoms with E-state index < -0.39 is 32.3 Å². The van der Waals surface area contributed by atoms with Crippen LogP contribution in [0.25, 0.3) is 0 Å². The van der Waals surface area contributed by atoms with Crippen LogP contribution in [0.4, 0.5) is 0 Å². The highest BCUT2D eigenvalue weighted by molar-refractivity contribution is 7.85. The molecular formula is C14H20ClNO6S. The smallest absolute Gasteiger partial charge is 0.339 e. The molecule has 1 aliphatic heterocycles. The predicted octanol–water partition coefficient (Wildman–Crippen LogP) is 0.289. The number of carbonyl (C=O) groups is 1. The number of piperidine rings is 1. The third-order valence-electron chi connectivity index (χ3n) is 3.50. The van der Waals surface area contributed by atoms with Gasteiger partial charge in [-0.3, -0.25) is 0 Å². The molecule has 23 heavy (non-hydrogen) atoms. The number of carboxylic acids is 1. The number of aromatic hydroxyl groups is 1. The number of rotatable bonds is 4. The molecule has 0 atom stereocenters. The van der Waals surface area contributed by atoms with Gasteiger partial charge in [-0.15, -0.1) is 11.6 Å². The number of carboxylic acid groups (broad SMARTS) is 1. The summed E-state index contributed by atoms with van der Waals surface area (Å²) in [5.41, 5.74) is -0.623. The van der Waals surface area contributed by atoms with Gasteiger partial charge in [0.15, 0.2) is 0 Å². The summed E-state index contributed by atoms with van der Waals surface area (Å²) in [4.78, 5) is 11.5. The molecule has 0 spiro atoms.